The van der Waals surface area contributed by atoms with Crippen LogP contribution in [0, 0.1) is 12.3 Å². The Labute approximate surface area is 134 Å². The molecule has 0 aliphatic rings. The maximum Gasteiger partial charge on any atom is 0.201 e. The fraction of sp³-hybridized carbons (Fsp3) is 0.867. The van der Waals surface area contributed by atoms with Gasteiger partial charge in [0.15, 0.2) is 0 Å². The van der Waals surface area contributed by atoms with E-state index >= 15 is 0 Å². The Balaban J connectivity index is 0. The summed E-state index contributed by atoms with van der Waals surface area (Å²) in [5, 5.41) is 0. The summed E-state index contributed by atoms with van der Waals surface area (Å²) in [4.78, 5) is 0. The lowest BCUT2D eigenvalue weighted by molar-refractivity contribution is -0.969. The van der Waals surface area contributed by atoms with Crippen molar-refractivity contribution in [3.05, 3.63) is 0 Å². The average molecular weight is 386 g/mol. The second kappa shape index (κ2) is 10.3. The number of halogens is 2. The number of alkyl halides is 1. The fourth-order valence-electron chi connectivity index (χ4n) is 2.69. The Hall–Kier alpha value is 0.540. The highest BCUT2D eigenvalue weighted by atomic mass is 127. The highest BCUT2D eigenvalue weighted by Gasteiger charge is 2.42. The molecule has 0 radical (unpaired) electrons. The Morgan fingerprint density at radius 2 is 1.56 bits per heavy atom. The predicted octanol–water partition coefficient (Wildman–Crippen LogP) is 1.60. The molecule has 0 heterocycles. The van der Waals surface area contributed by atoms with Crippen molar-refractivity contribution in [1.82, 2.24) is 0 Å². The third-order valence-corrected chi connectivity index (χ3v) is 5.68. The first-order valence-corrected chi connectivity index (χ1v) is 8.22. The van der Waals surface area contributed by atoms with Crippen molar-refractivity contribution in [1.29, 1.82) is 0 Å². The number of nitrogens with zero attached hydrogens (tertiary/aromatic N) is 1. The zero-order valence-corrected chi connectivity index (χ0v) is 15.5. The van der Waals surface area contributed by atoms with Gasteiger partial charge in [0, 0.05) is 22.6 Å². The number of hydrogen-bond donors (Lipinski definition) is 0. The summed E-state index contributed by atoms with van der Waals surface area (Å²) in [6.45, 7) is 12.8. The molecule has 0 rings (SSSR count). The van der Waals surface area contributed by atoms with Crippen LogP contribution in [-0.2, 0) is 0 Å². The number of hydrogen-bond acceptors (Lipinski definition) is 0. The molecule has 0 aromatic heterocycles. The molecular formula is C15H29ClIN. The van der Waals surface area contributed by atoms with Crippen molar-refractivity contribution in [2.45, 2.75) is 76.4 Å². The van der Waals surface area contributed by atoms with Crippen LogP contribution in [0.15, 0.2) is 0 Å². The van der Waals surface area contributed by atoms with E-state index in [1.54, 1.807) is 0 Å². The molecule has 3 heteroatoms. The normalized spacial score (nSPS) is 18.9. The van der Waals surface area contributed by atoms with Gasteiger partial charge in [0.05, 0.1) is 18.6 Å². The zero-order chi connectivity index (χ0) is 13.5. The number of quaternary nitrogens is 1. The van der Waals surface area contributed by atoms with Gasteiger partial charge in [0.2, 0.25) is 4.05 Å². The van der Waals surface area contributed by atoms with Gasteiger partial charge in [-0.25, -0.2) is 0 Å². The summed E-state index contributed by atoms with van der Waals surface area (Å²) in [5.74, 6) is 3.00. The minimum absolute atomic E-state index is 0. The molecule has 0 bridgehead atoms. The summed E-state index contributed by atoms with van der Waals surface area (Å²) < 4.78 is 1.39. The van der Waals surface area contributed by atoms with Gasteiger partial charge in [-0.2, -0.15) is 0 Å². The van der Waals surface area contributed by atoms with Crippen LogP contribution in [0.1, 0.15) is 60.3 Å². The summed E-state index contributed by atoms with van der Waals surface area (Å²) in [6.07, 6.45) is 10.7. The first kappa shape index (κ1) is 20.8. The van der Waals surface area contributed by atoms with Crippen molar-refractivity contribution in [3.8, 4) is 12.3 Å². The monoisotopic (exact) mass is 385 g/mol. The van der Waals surface area contributed by atoms with Gasteiger partial charge in [-0.1, -0.05) is 27.2 Å². The molecule has 0 saturated carbocycles. The van der Waals surface area contributed by atoms with E-state index in [-0.39, 0.29) is 12.4 Å². The van der Waals surface area contributed by atoms with E-state index in [2.05, 4.69) is 63.1 Å². The lowest BCUT2D eigenvalue weighted by atomic mass is 10.0. The largest absolute Gasteiger partial charge is 1.00 e. The summed E-state index contributed by atoms with van der Waals surface area (Å²) in [5.41, 5.74) is 0. The average Bonchev–Trinajstić information content (AvgIpc) is 2.37. The van der Waals surface area contributed by atoms with Crippen LogP contribution in [0.2, 0.25) is 0 Å². The fourth-order valence-corrected chi connectivity index (χ4v) is 4.06. The van der Waals surface area contributed by atoms with Crippen molar-refractivity contribution < 1.29 is 16.9 Å². The Bertz CT molecular complexity index is 239. The Morgan fingerprint density at radius 1 is 1.11 bits per heavy atom. The van der Waals surface area contributed by atoms with Gasteiger partial charge in [0.25, 0.3) is 0 Å². The molecule has 0 aliphatic heterocycles. The first-order chi connectivity index (χ1) is 8.00. The van der Waals surface area contributed by atoms with E-state index in [9.17, 15) is 0 Å². The van der Waals surface area contributed by atoms with Gasteiger partial charge >= 0.3 is 0 Å². The highest BCUT2D eigenvalue weighted by Crippen LogP contribution is 2.32. The number of unbranched alkanes of at least 4 members (excludes halogenated alkanes) is 1. The minimum atomic E-state index is 0. The van der Waals surface area contributed by atoms with Gasteiger partial charge in [-0.05, 0) is 39.0 Å². The second-order valence-corrected chi connectivity index (χ2v) is 6.27. The third kappa shape index (κ3) is 4.58. The molecule has 0 N–H and O–H groups in total. The van der Waals surface area contributed by atoms with Gasteiger partial charge in [0.1, 0.15) is 0 Å². The first-order valence-electron chi connectivity index (χ1n) is 6.98. The van der Waals surface area contributed by atoms with Gasteiger partial charge in [-0.15, -0.1) is 6.42 Å². The van der Waals surface area contributed by atoms with E-state index in [4.69, 9.17) is 6.42 Å². The molecule has 3 atom stereocenters. The van der Waals surface area contributed by atoms with E-state index in [0.29, 0.717) is 16.1 Å². The summed E-state index contributed by atoms with van der Waals surface area (Å²) >= 11 is 2.47. The van der Waals surface area contributed by atoms with Crippen molar-refractivity contribution in [2.75, 3.05) is 6.54 Å². The minimum Gasteiger partial charge on any atom is -1.00 e. The van der Waals surface area contributed by atoms with E-state index < -0.39 is 0 Å². The molecule has 1 nitrogen and oxygen atoms in total. The van der Waals surface area contributed by atoms with Gasteiger partial charge in [-0.3, -0.25) is 4.48 Å². The molecule has 0 spiro atoms. The van der Waals surface area contributed by atoms with Crippen molar-refractivity contribution in [3.63, 3.8) is 0 Å². The molecule has 0 aromatic carbocycles. The molecule has 0 amide bonds. The molecule has 3 unspecified atom stereocenters. The topological polar surface area (TPSA) is 0 Å². The number of rotatable bonds is 8. The van der Waals surface area contributed by atoms with E-state index in [1.165, 1.54) is 32.2 Å². The molecule has 0 fully saturated rings. The second-order valence-electron chi connectivity index (χ2n) is 5.09. The highest BCUT2D eigenvalue weighted by molar-refractivity contribution is 14.1. The van der Waals surface area contributed by atoms with Crippen molar-refractivity contribution in [2.24, 2.45) is 0 Å². The van der Waals surface area contributed by atoms with Crippen LogP contribution >= 0.6 is 22.6 Å². The maximum absolute atomic E-state index is 5.74. The van der Waals surface area contributed by atoms with E-state index in [0.717, 1.165) is 4.48 Å². The lowest BCUT2D eigenvalue weighted by Crippen LogP contribution is -3.00. The number of terminal acetylenes is 1. The van der Waals surface area contributed by atoms with Crippen molar-refractivity contribution >= 4 is 22.6 Å². The van der Waals surface area contributed by atoms with Crippen LogP contribution in [0.25, 0.3) is 0 Å². The maximum atomic E-state index is 5.74. The molecule has 108 valence electrons. The summed E-state index contributed by atoms with van der Waals surface area (Å²) in [7, 11) is 0. The molecule has 0 saturated heterocycles. The quantitative estimate of drug-likeness (QED) is 0.196. The standard InChI is InChI=1S/C15H29IN.ClH/c1-7-11-12-17(13(5)8-2,14(6)9-3)15(16)10-4;/h4,13-15H,7-9,11-12H2,1-3,5-6H3;1H/q+1;/p-1. The van der Waals surface area contributed by atoms with Crippen LogP contribution in [0.3, 0.4) is 0 Å². The van der Waals surface area contributed by atoms with Crippen LogP contribution < -0.4 is 12.4 Å². The molecule has 0 aliphatic carbocycles. The predicted molar refractivity (Wildman–Crippen MR) is 86.2 cm³/mol. The molecular weight excluding hydrogens is 357 g/mol. The van der Waals surface area contributed by atoms with Gasteiger partial charge < -0.3 is 12.4 Å². The van der Waals surface area contributed by atoms with E-state index in [1.807, 2.05) is 0 Å². The Morgan fingerprint density at radius 3 is 1.83 bits per heavy atom. The molecule has 18 heavy (non-hydrogen) atoms. The van der Waals surface area contributed by atoms with Crippen LogP contribution in [0.5, 0.6) is 0 Å². The Kier molecular flexibility index (Phi) is 12.0. The zero-order valence-electron chi connectivity index (χ0n) is 12.5. The third-order valence-electron chi connectivity index (χ3n) is 4.28. The molecule has 0 aromatic rings. The SMILES string of the molecule is C#CC(I)[N+](CCCC)(C(C)CC)C(C)CC.[Cl-]. The lowest BCUT2D eigenvalue weighted by Gasteiger charge is -2.49. The smallest absolute Gasteiger partial charge is 0.201 e. The summed E-state index contributed by atoms with van der Waals surface area (Å²) in [6, 6.07) is 1.30. The van der Waals surface area contributed by atoms with Crippen LogP contribution in [-0.4, -0.2) is 27.2 Å². The van der Waals surface area contributed by atoms with Crippen LogP contribution in [0.4, 0.5) is 0 Å².